The lowest BCUT2D eigenvalue weighted by atomic mass is 10.0. The Morgan fingerprint density at radius 2 is 1.76 bits per heavy atom. The number of aliphatic hydroxyl groups excluding tert-OH is 1. The van der Waals surface area contributed by atoms with Crippen molar-refractivity contribution >= 4 is 11.3 Å². The molecule has 5 rings (SSSR count). The second kappa shape index (κ2) is 8.89. The average molecular weight is 457 g/mol. The molecule has 1 aliphatic rings. The van der Waals surface area contributed by atoms with Gasteiger partial charge in [-0.2, -0.15) is 15.5 Å². The van der Waals surface area contributed by atoms with Gasteiger partial charge >= 0.3 is 0 Å². The Labute approximate surface area is 198 Å². The van der Waals surface area contributed by atoms with Gasteiger partial charge in [-0.1, -0.05) is 0 Å². The summed E-state index contributed by atoms with van der Waals surface area (Å²) in [6.45, 7) is 7.43. The number of rotatable bonds is 5. The van der Waals surface area contributed by atoms with Crippen molar-refractivity contribution in [1.29, 1.82) is 5.26 Å². The standard InChI is InChI=1S/C25H28N8O/c1-17(18(2)34)31-6-8-32(9-7-31)24-5-4-19(12-27-24)23-10-20(22-14-28-30(3)15-22)16-33-25(23)21(11-26)13-29-33/h4-5,10,12-18,34H,6-9H2,1-3H3. The van der Waals surface area contributed by atoms with Crippen LogP contribution in [0.4, 0.5) is 5.82 Å². The van der Waals surface area contributed by atoms with Crippen molar-refractivity contribution in [2.75, 3.05) is 31.1 Å². The van der Waals surface area contributed by atoms with Crippen molar-refractivity contribution in [1.82, 2.24) is 29.3 Å². The quantitative estimate of drug-likeness (QED) is 0.493. The highest BCUT2D eigenvalue weighted by Crippen LogP contribution is 2.32. The fourth-order valence-electron chi connectivity index (χ4n) is 4.55. The van der Waals surface area contributed by atoms with E-state index >= 15 is 0 Å². The summed E-state index contributed by atoms with van der Waals surface area (Å²) >= 11 is 0. The number of hydrogen-bond acceptors (Lipinski definition) is 7. The maximum Gasteiger partial charge on any atom is 0.128 e. The molecule has 0 bridgehead atoms. The SMILES string of the molecule is CC(O)C(C)N1CCN(c2ccc(-c3cc(-c4cnn(C)c4)cn4ncc(C#N)c34)cn2)CC1. The van der Waals surface area contributed by atoms with Gasteiger partial charge in [0.25, 0.3) is 0 Å². The topological polar surface area (TPSA) is 98.5 Å². The number of aliphatic hydroxyl groups is 1. The van der Waals surface area contributed by atoms with Gasteiger partial charge in [0.05, 0.1) is 29.6 Å². The predicted octanol–water partition coefficient (Wildman–Crippen LogP) is 2.56. The minimum absolute atomic E-state index is 0.150. The van der Waals surface area contributed by atoms with E-state index in [-0.39, 0.29) is 12.1 Å². The smallest absolute Gasteiger partial charge is 0.128 e. The Bertz CT molecular complexity index is 1340. The van der Waals surface area contributed by atoms with Crippen LogP contribution in [-0.4, -0.2) is 72.7 Å². The number of piperazine rings is 1. The third-order valence-electron chi connectivity index (χ3n) is 6.74. The highest BCUT2D eigenvalue weighted by atomic mass is 16.3. The fourth-order valence-corrected chi connectivity index (χ4v) is 4.55. The summed E-state index contributed by atoms with van der Waals surface area (Å²) in [6.07, 6.45) is 8.83. The van der Waals surface area contributed by atoms with E-state index in [0.717, 1.165) is 59.8 Å². The van der Waals surface area contributed by atoms with E-state index in [2.05, 4.69) is 45.1 Å². The van der Waals surface area contributed by atoms with Crippen LogP contribution in [-0.2, 0) is 7.05 Å². The Balaban J connectivity index is 1.45. The fraction of sp³-hybridized carbons (Fsp3) is 0.360. The first-order valence-electron chi connectivity index (χ1n) is 11.5. The first kappa shape index (κ1) is 22.1. The van der Waals surface area contributed by atoms with Crippen molar-refractivity contribution in [2.24, 2.45) is 7.05 Å². The molecule has 5 heterocycles. The van der Waals surface area contributed by atoms with Crippen LogP contribution in [0.3, 0.4) is 0 Å². The summed E-state index contributed by atoms with van der Waals surface area (Å²) < 4.78 is 3.52. The van der Waals surface area contributed by atoms with Gasteiger partial charge in [0.2, 0.25) is 0 Å². The summed E-state index contributed by atoms with van der Waals surface area (Å²) in [5.74, 6) is 0.932. The van der Waals surface area contributed by atoms with Gasteiger partial charge in [-0.3, -0.25) is 9.58 Å². The number of anilines is 1. The van der Waals surface area contributed by atoms with Crippen molar-refractivity contribution in [3.05, 3.63) is 54.7 Å². The van der Waals surface area contributed by atoms with Crippen LogP contribution in [0.2, 0.25) is 0 Å². The predicted molar refractivity (Wildman–Crippen MR) is 130 cm³/mol. The van der Waals surface area contributed by atoms with Crippen LogP contribution in [0.5, 0.6) is 0 Å². The average Bonchev–Trinajstić information content (AvgIpc) is 3.49. The van der Waals surface area contributed by atoms with Gasteiger partial charge in [-0.25, -0.2) is 9.50 Å². The molecule has 2 atom stereocenters. The van der Waals surface area contributed by atoms with E-state index in [1.54, 1.807) is 15.4 Å². The highest BCUT2D eigenvalue weighted by Gasteiger charge is 2.24. The molecule has 1 fully saturated rings. The monoisotopic (exact) mass is 456 g/mol. The van der Waals surface area contributed by atoms with E-state index in [1.165, 1.54) is 0 Å². The second-order valence-electron chi connectivity index (χ2n) is 8.92. The molecule has 0 spiro atoms. The summed E-state index contributed by atoms with van der Waals surface area (Å²) in [7, 11) is 1.89. The molecular weight excluding hydrogens is 428 g/mol. The molecule has 4 aromatic heterocycles. The zero-order valence-electron chi connectivity index (χ0n) is 19.6. The van der Waals surface area contributed by atoms with Crippen LogP contribution < -0.4 is 4.90 Å². The largest absolute Gasteiger partial charge is 0.392 e. The minimum Gasteiger partial charge on any atom is -0.392 e. The molecular formula is C25H28N8O. The molecule has 9 nitrogen and oxygen atoms in total. The lowest BCUT2D eigenvalue weighted by Crippen LogP contribution is -2.52. The van der Waals surface area contributed by atoms with Crippen molar-refractivity contribution in [2.45, 2.75) is 26.0 Å². The number of pyridine rings is 2. The van der Waals surface area contributed by atoms with E-state index in [9.17, 15) is 10.4 Å². The summed E-state index contributed by atoms with van der Waals surface area (Å²) in [5.41, 5.74) is 5.08. The molecule has 0 amide bonds. The summed E-state index contributed by atoms with van der Waals surface area (Å²) in [4.78, 5) is 9.36. The van der Waals surface area contributed by atoms with Crippen molar-refractivity contribution in [3.8, 4) is 28.3 Å². The molecule has 9 heteroatoms. The molecule has 34 heavy (non-hydrogen) atoms. The number of fused-ring (bicyclic) bond motifs is 1. The number of aryl methyl sites for hydroxylation is 1. The maximum atomic E-state index is 9.89. The Kier molecular flexibility index (Phi) is 5.77. The Hall–Kier alpha value is -3.74. The molecule has 0 saturated carbocycles. The van der Waals surface area contributed by atoms with Gasteiger partial charge in [0, 0.05) is 80.1 Å². The van der Waals surface area contributed by atoms with Crippen LogP contribution in [0, 0.1) is 11.3 Å². The van der Waals surface area contributed by atoms with Crippen LogP contribution >= 0.6 is 0 Å². The minimum atomic E-state index is -0.343. The second-order valence-corrected chi connectivity index (χ2v) is 8.92. The normalized spacial score (nSPS) is 16.5. The molecule has 0 aliphatic carbocycles. The number of nitriles is 1. The first-order valence-corrected chi connectivity index (χ1v) is 11.5. The Morgan fingerprint density at radius 1 is 0.971 bits per heavy atom. The van der Waals surface area contributed by atoms with E-state index in [0.29, 0.717) is 5.56 Å². The summed E-state index contributed by atoms with van der Waals surface area (Å²) in [6, 6.07) is 8.58. The zero-order valence-corrected chi connectivity index (χ0v) is 19.6. The van der Waals surface area contributed by atoms with Crippen LogP contribution in [0.15, 0.2) is 49.2 Å². The van der Waals surface area contributed by atoms with Gasteiger partial charge in [0.15, 0.2) is 0 Å². The molecule has 1 aliphatic heterocycles. The summed E-state index contributed by atoms with van der Waals surface area (Å²) in [5, 5.41) is 28.2. The molecule has 0 radical (unpaired) electrons. The number of hydrogen-bond donors (Lipinski definition) is 1. The van der Waals surface area contributed by atoms with E-state index in [4.69, 9.17) is 4.98 Å². The number of aromatic nitrogens is 5. The molecule has 174 valence electrons. The zero-order chi connectivity index (χ0) is 23.8. The van der Waals surface area contributed by atoms with Crippen molar-refractivity contribution < 1.29 is 5.11 Å². The molecule has 2 unspecified atom stereocenters. The number of nitrogens with zero attached hydrogens (tertiary/aromatic N) is 8. The van der Waals surface area contributed by atoms with Crippen LogP contribution in [0.1, 0.15) is 19.4 Å². The highest BCUT2D eigenvalue weighted by molar-refractivity contribution is 5.87. The molecule has 4 aromatic rings. The van der Waals surface area contributed by atoms with Gasteiger partial charge in [0.1, 0.15) is 11.9 Å². The van der Waals surface area contributed by atoms with E-state index in [1.807, 2.05) is 44.8 Å². The van der Waals surface area contributed by atoms with Crippen LogP contribution in [0.25, 0.3) is 27.8 Å². The third-order valence-corrected chi connectivity index (χ3v) is 6.74. The lowest BCUT2D eigenvalue weighted by molar-refractivity contribution is 0.0671. The third kappa shape index (κ3) is 4.02. The molecule has 0 aromatic carbocycles. The van der Waals surface area contributed by atoms with Crippen molar-refractivity contribution in [3.63, 3.8) is 0 Å². The lowest BCUT2D eigenvalue weighted by Gasteiger charge is -2.39. The van der Waals surface area contributed by atoms with E-state index < -0.39 is 0 Å². The van der Waals surface area contributed by atoms with Gasteiger partial charge in [-0.05, 0) is 32.0 Å². The molecule has 1 saturated heterocycles. The molecule has 1 N–H and O–H groups in total. The maximum absolute atomic E-state index is 9.89. The first-order chi connectivity index (χ1) is 16.4. The Morgan fingerprint density at radius 3 is 2.38 bits per heavy atom. The van der Waals surface area contributed by atoms with Gasteiger partial charge in [-0.15, -0.1) is 0 Å². The van der Waals surface area contributed by atoms with Gasteiger partial charge < -0.3 is 10.0 Å².